The van der Waals surface area contributed by atoms with Crippen LogP contribution in [-0.2, 0) is 14.3 Å². The number of carbonyl (C=O) groups excluding carboxylic acids is 2. The molecule has 2 aromatic carbocycles. The summed E-state index contributed by atoms with van der Waals surface area (Å²) in [5, 5.41) is 0.634. The molecule has 180 valence electrons. The lowest BCUT2D eigenvalue weighted by molar-refractivity contribution is -0.138. The zero-order chi connectivity index (χ0) is 25.4. The molecule has 0 saturated heterocycles. The summed E-state index contributed by atoms with van der Waals surface area (Å²) in [6.45, 7) is 11.8. The minimum Gasteiger partial charge on any atom is -0.462 e. The molecule has 0 radical (unpaired) electrons. The number of aromatic nitrogens is 1. The summed E-state index contributed by atoms with van der Waals surface area (Å²) in [6, 6.07) is 15.5. The molecule has 6 heteroatoms. The summed E-state index contributed by atoms with van der Waals surface area (Å²) < 4.78 is 7.40. The Bertz CT molecular complexity index is 1410. The van der Waals surface area contributed by atoms with E-state index in [1.54, 1.807) is 24.8 Å². The highest BCUT2D eigenvalue weighted by molar-refractivity contribution is 6.32. The average molecular weight is 489 g/mol. The Morgan fingerprint density at radius 1 is 1.00 bits per heavy atom. The fourth-order valence-corrected chi connectivity index (χ4v) is 4.77. The number of benzene rings is 2. The van der Waals surface area contributed by atoms with Crippen molar-refractivity contribution in [2.45, 2.75) is 41.5 Å². The van der Waals surface area contributed by atoms with Gasteiger partial charge in [-0.05, 0) is 94.6 Å². The predicted molar refractivity (Wildman–Crippen MR) is 141 cm³/mol. The van der Waals surface area contributed by atoms with Crippen molar-refractivity contribution in [1.82, 2.24) is 4.57 Å². The van der Waals surface area contributed by atoms with E-state index in [4.69, 9.17) is 16.3 Å². The van der Waals surface area contributed by atoms with Gasteiger partial charge in [0.1, 0.15) is 0 Å². The first-order chi connectivity index (χ1) is 16.6. The minimum atomic E-state index is -0.504. The van der Waals surface area contributed by atoms with Crippen LogP contribution in [0.5, 0.6) is 0 Å². The molecule has 2 heterocycles. The molecule has 1 aliphatic rings. The standard InChI is InChI=1S/C29H29ClN2O3/c1-7-35-29(34)27-21(6)32(23-13-12-17(2)18(3)14-23)28(33)24(27)16-22-15-19(4)31(20(22)5)26-11-9-8-10-25(26)30/h8-16H,7H2,1-6H3/b24-16-. The van der Waals surface area contributed by atoms with Crippen molar-refractivity contribution in [3.63, 3.8) is 0 Å². The normalized spacial score (nSPS) is 14.9. The van der Waals surface area contributed by atoms with Crippen molar-refractivity contribution in [3.8, 4) is 5.69 Å². The maximum atomic E-state index is 13.7. The lowest BCUT2D eigenvalue weighted by atomic mass is 10.0. The van der Waals surface area contributed by atoms with E-state index in [1.807, 2.05) is 76.2 Å². The number of carbonyl (C=O) groups is 2. The second-order valence-electron chi connectivity index (χ2n) is 8.76. The van der Waals surface area contributed by atoms with Gasteiger partial charge in [0.15, 0.2) is 0 Å². The van der Waals surface area contributed by atoms with E-state index in [-0.39, 0.29) is 18.1 Å². The molecule has 1 amide bonds. The minimum absolute atomic E-state index is 0.224. The molecule has 1 aromatic heterocycles. The third-order valence-electron chi connectivity index (χ3n) is 6.49. The predicted octanol–water partition coefficient (Wildman–Crippen LogP) is 6.63. The van der Waals surface area contributed by atoms with Crippen LogP contribution in [0.1, 0.15) is 41.9 Å². The Morgan fingerprint density at radius 3 is 2.37 bits per heavy atom. The zero-order valence-corrected chi connectivity index (χ0v) is 21.7. The molecule has 3 aromatic rings. The molecule has 0 spiro atoms. The van der Waals surface area contributed by atoms with Gasteiger partial charge in [0.05, 0.1) is 28.5 Å². The van der Waals surface area contributed by atoms with E-state index in [0.29, 0.717) is 16.3 Å². The number of ether oxygens (including phenoxy) is 1. The summed E-state index contributed by atoms with van der Waals surface area (Å²) in [7, 11) is 0. The Morgan fingerprint density at radius 2 is 1.71 bits per heavy atom. The number of hydrogen-bond acceptors (Lipinski definition) is 3. The van der Waals surface area contributed by atoms with Gasteiger partial charge in [0.25, 0.3) is 5.91 Å². The summed E-state index contributed by atoms with van der Waals surface area (Å²) >= 11 is 6.47. The molecular formula is C29H29ClN2O3. The molecule has 0 atom stereocenters. The van der Waals surface area contributed by atoms with Crippen molar-refractivity contribution >= 4 is 35.2 Å². The van der Waals surface area contributed by atoms with E-state index in [2.05, 4.69) is 4.57 Å². The number of aryl methyl sites for hydroxylation is 3. The van der Waals surface area contributed by atoms with Crippen LogP contribution in [0.15, 0.2) is 65.4 Å². The van der Waals surface area contributed by atoms with Crippen LogP contribution in [0.4, 0.5) is 5.69 Å². The highest BCUT2D eigenvalue weighted by Crippen LogP contribution is 2.37. The van der Waals surface area contributed by atoms with Gasteiger partial charge in [0.2, 0.25) is 0 Å². The second kappa shape index (κ2) is 9.59. The van der Waals surface area contributed by atoms with E-state index in [0.717, 1.165) is 39.5 Å². The van der Waals surface area contributed by atoms with Crippen LogP contribution < -0.4 is 4.90 Å². The SMILES string of the molecule is CCOC(=O)C1=C(C)N(c2ccc(C)c(C)c2)C(=O)/C1=C\c1cc(C)n(-c2ccccc2Cl)c1C. The van der Waals surface area contributed by atoms with Crippen LogP contribution in [0.2, 0.25) is 5.02 Å². The Labute approximate surface area is 211 Å². The summed E-state index contributed by atoms with van der Waals surface area (Å²) in [5.74, 6) is -0.757. The largest absolute Gasteiger partial charge is 0.462 e. The molecule has 0 unspecified atom stereocenters. The Hall–Kier alpha value is -3.57. The maximum Gasteiger partial charge on any atom is 0.340 e. The number of nitrogens with zero attached hydrogens (tertiary/aromatic N) is 2. The van der Waals surface area contributed by atoms with Gasteiger partial charge in [-0.1, -0.05) is 29.8 Å². The molecule has 4 rings (SSSR count). The second-order valence-corrected chi connectivity index (χ2v) is 9.17. The smallest absolute Gasteiger partial charge is 0.340 e. The highest BCUT2D eigenvalue weighted by atomic mass is 35.5. The van der Waals surface area contributed by atoms with Crippen LogP contribution in [0.25, 0.3) is 11.8 Å². The van der Waals surface area contributed by atoms with Crippen molar-refractivity contribution in [2.24, 2.45) is 0 Å². The molecule has 35 heavy (non-hydrogen) atoms. The number of anilines is 1. The molecule has 0 saturated carbocycles. The first-order valence-electron chi connectivity index (χ1n) is 11.6. The fourth-order valence-electron chi connectivity index (χ4n) is 4.55. The third kappa shape index (κ3) is 4.32. The molecular weight excluding hydrogens is 460 g/mol. The van der Waals surface area contributed by atoms with Gasteiger partial charge in [-0.15, -0.1) is 0 Å². The topological polar surface area (TPSA) is 51.5 Å². The van der Waals surface area contributed by atoms with E-state index in [1.165, 1.54) is 0 Å². The van der Waals surface area contributed by atoms with Gasteiger partial charge in [0, 0.05) is 22.8 Å². The lowest BCUT2D eigenvalue weighted by Crippen LogP contribution is -2.24. The molecule has 0 fully saturated rings. The molecule has 0 aliphatic carbocycles. The Balaban J connectivity index is 1.87. The van der Waals surface area contributed by atoms with Gasteiger partial charge in [-0.2, -0.15) is 0 Å². The number of rotatable bonds is 5. The van der Waals surface area contributed by atoms with E-state index in [9.17, 15) is 9.59 Å². The maximum absolute atomic E-state index is 13.7. The van der Waals surface area contributed by atoms with Crippen molar-refractivity contribution in [3.05, 3.63) is 98.5 Å². The number of esters is 1. The molecule has 5 nitrogen and oxygen atoms in total. The first-order valence-corrected chi connectivity index (χ1v) is 12.0. The zero-order valence-electron chi connectivity index (χ0n) is 20.9. The summed E-state index contributed by atoms with van der Waals surface area (Å²) in [4.78, 5) is 28.3. The molecule has 1 aliphatic heterocycles. The lowest BCUT2D eigenvalue weighted by Gasteiger charge is -2.19. The summed E-state index contributed by atoms with van der Waals surface area (Å²) in [6.07, 6.45) is 1.79. The van der Waals surface area contributed by atoms with Crippen LogP contribution >= 0.6 is 11.6 Å². The number of halogens is 1. The molecule has 0 bridgehead atoms. The third-order valence-corrected chi connectivity index (χ3v) is 6.81. The van der Waals surface area contributed by atoms with Gasteiger partial charge in [-0.25, -0.2) is 4.79 Å². The number of hydrogen-bond donors (Lipinski definition) is 0. The van der Waals surface area contributed by atoms with Crippen molar-refractivity contribution in [1.29, 1.82) is 0 Å². The van der Waals surface area contributed by atoms with Crippen molar-refractivity contribution in [2.75, 3.05) is 11.5 Å². The van der Waals surface area contributed by atoms with Crippen LogP contribution in [0.3, 0.4) is 0 Å². The van der Waals surface area contributed by atoms with Gasteiger partial charge >= 0.3 is 5.97 Å². The monoisotopic (exact) mass is 488 g/mol. The van der Waals surface area contributed by atoms with E-state index < -0.39 is 5.97 Å². The van der Waals surface area contributed by atoms with E-state index >= 15 is 0 Å². The van der Waals surface area contributed by atoms with Gasteiger partial charge < -0.3 is 9.30 Å². The Kier molecular flexibility index (Phi) is 6.73. The average Bonchev–Trinajstić information content (AvgIpc) is 3.22. The number of allylic oxidation sites excluding steroid dienone is 1. The van der Waals surface area contributed by atoms with Crippen molar-refractivity contribution < 1.29 is 14.3 Å². The van der Waals surface area contributed by atoms with Crippen LogP contribution in [-0.4, -0.2) is 23.1 Å². The summed E-state index contributed by atoms with van der Waals surface area (Å²) in [5.41, 5.74) is 7.68. The number of para-hydroxylation sites is 1. The van der Waals surface area contributed by atoms with Gasteiger partial charge in [-0.3, -0.25) is 9.69 Å². The highest BCUT2D eigenvalue weighted by Gasteiger charge is 2.38. The molecule has 0 N–H and O–H groups in total. The quantitative estimate of drug-likeness (QED) is 0.299. The first kappa shape index (κ1) is 24.6. The van der Waals surface area contributed by atoms with Crippen LogP contribution in [0, 0.1) is 27.7 Å². The fraction of sp³-hybridized carbons (Fsp3) is 0.241. The number of amides is 1.